The summed E-state index contributed by atoms with van der Waals surface area (Å²) in [5.74, 6) is 2.34. The number of alkyl halides is 3. The maximum Gasteiger partial charge on any atom is 0.390 e. The minimum absolute atomic E-state index is 0.438. The molecule has 0 aliphatic rings. The van der Waals surface area contributed by atoms with Crippen LogP contribution in [0.4, 0.5) is 13.2 Å². The van der Waals surface area contributed by atoms with Gasteiger partial charge in [-0.05, 0) is 6.92 Å². The molecule has 0 aliphatic heterocycles. The van der Waals surface area contributed by atoms with Gasteiger partial charge in [-0.25, -0.2) is 0 Å². The predicted molar refractivity (Wildman–Crippen MR) is 41.6 cm³/mol. The zero-order valence-electron chi connectivity index (χ0n) is 6.91. The summed E-state index contributed by atoms with van der Waals surface area (Å²) in [6, 6.07) is -0.557. The molecule has 4 heteroatoms. The average molecular weight is 179 g/mol. The lowest BCUT2D eigenvalue weighted by Gasteiger charge is -2.14. The van der Waals surface area contributed by atoms with Crippen LogP contribution in [0, 0.1) is 12.3 Å². The summed E-state index contributed by atoms with van der Waals surface area (Å²) in [5, 5.41) is 2.68. The van der Waals surface area contributed by atoms with Crippen molar-refractivity contribution >= 4 is 0 Å². The number of hydrogen-bond donors (Lipinski definition) is 1. The van der Waals surface area contributed by atoms with Gasteiger partial charge < -0.3 is 5.32 Å². The van der Waals surface area contributed by atoms with E-state index >= 15 is 0 Å². The molecule has 0 radical (unpaired) electrons. The third-order valence-corrected chi connectivity index (χ3v) is 1.30. The van der Waals surface area contributed by atoms with Crippen molar-refractivity contribution in [1.82, 2.24) is 5.32 Å². The molecule has 1 nitrogen and oxygen atoms in total. The molecule has 0 rings (SSSR count). The summed E-state index contributed by atoms with van der Waals surface area (Å²) in [4.78, 5) is 0. The van der Waals surface area contributed by atoms with E-state index in [1.807, 2.05) is 0 Å². The van der Waals surface area contributed by atoms with Crippen molar-refractivity contribution < 1.29 is 13.2 Å². The van der Waals surface area contributed by atoms with Gasteiger partial charge >= 0.3 is 6.18 Å². The second-order valence-electron chi connectivity index (χ2n) is 2.63. The summed E-state index contributed by atoms with van der Waals surface area (Å²) in [6.45, 7) is 1.93. The molecule has 1 unspecified atom stereocenters. The number of nitrogens with one attached hydrogen (secondary N) is 1. The van der Waals surface area contributed by atoms with Crippen LogP contribution in [0.2, 0.25) is 0 Å². The fraction of sp³-hybridized carbons (Fsp3) is 0.750. The smallest absolute Gasteiger partial charge is 0.313 e. The van der Waals surface area contributed by atoms with Gasteiger partial charge in [0, 0.05) is 19.0 Å². The quantitative estimate of drug-likeness (QED) is 0.513. The molecule has 0 saturated carbocycles. The lowest BCUT2D eigenvalue weighted by Crippen LogP contribution is -2.31. The molecular weight excluding hydrogens is 167 g/mol. The van der Waals surface area contributed by atoms with Gasteiger partial charge in [0.15, 0.2) is 0 Å². The van der Waals surface area contributed by atoms with E-state index in [0.717, 1.165) is 0 Å². The van der Waals surface area contributed by atoms with Crippen molar-refractivity contribution in [2.45, 2.75) is 32.0 Å². The van der Waals surface area contributed by atoms with Gasteiger partial charge in [-0.2, -0.15) is 13.2 Å². The van der Waals surface area contributed by atoms with Crippen molar-refractivity contribution in [3.63, 3.8) is 0 Å². The van der Waals surface area contributed by atoms with Crippen LogP contribution in [0.5, 0.6) is 0 Å². The lowest BCUT2D eigenvalue weighted by molar-refractivity contribution is -0.138. The fourth-order valence-electron chi connectivity index (χ4n) is 0.810. The Morgan fingerprint density at radius 2 is 2.08 bits per heavy atom. The normalized spacial score (nSPS) is 13.9. The van der Waals surface area contributed by atoms with Crippen molar-refractivity contribution in [2.75, 3.05) is 6.54 Å². The Morgan fingerprint density at radius 3 is 2.50 bits per heavy atom. The number of terminal acetylenes is 1. The van der Waals surface area contributed by atoms with Crippen LogP contribution in [0.3, 0.4) is 0 Å². The van der Waals surface area contributed by atoms with Gasteiger partial charge in [-0.15, -0.1) is 12.3 Å². The van der Waals surface area contributed by atoms with Crippen molar-refractivity contribution in [1.29, 1.82) is 0 Å². The monoisotopic (exact) mass is 179 g/mol. The maximum atomic E-state index is 11.7. The molecule has 1 N–H and O–H groups in total. The van der Waals surface area contributed by atoms with Crippen molar-refractivity contribution in [3.05, 3.63) is 0 Å². The van der Waals surface area contributed by atoms with E-state index < -0.39 is 18.6 Å². The highest BCUT2D eigenvalue weighted by Crippen LogP contribution is 2.21. The van der Waals surface area contributed by atoms with Gasteiger partial charge in [0.2, 0.25) is 0 Å². The molecule has 0 bridgehead atoms. The summed E-state index contributed by atoms with van der Waals surface area (Å²) in [7, 11) is 0. The topological polar surface area (TPSA) is 12.0 Å². The Kier molecular flexibility index (Phi) is 4.75. The Hall–Kier alpha value is -0.690. The van der Waals surface area contributed by atoms with Crippen LogP contribution in [0.15, 0.2) is 0 Å². The highest BCUT2D eigenvalue weighted by Gasteiger charge is 2.29. The van der Waals surface area contributed by atoms with Gasteiger partial charge in [-0.1, -0.05) is 0 Å². The summed E-state index contributed by atoms with van der Waals surface area (Å²) < 4.78 is 35.2. The minimum Gasteiger partial charge on any atom is -0.313 e. The molecule has 0 aliphatic carbocycles. The molecule has 0 saturated heterocycles. The van der Waals surface area contributed by atoms with Crippen molar-refractivity contribution in [3.8, 4) is 12.3 Å². The van der Waals surface area contributed by atoms with Crippen LogP contribution >= 0.6 is 0 Å². The lowest BCUT2D eigenvalue weighted by atomic mass is 10.2. The van der Waals surface area contributed by atoms with Crippen LogP contribution in [-0.4, -0.2) is 18.8 Å². The molecule has 1 atom stereocenters. The van der Waals surface area contributed by atoms with E-state index in [9.17, 15) is 13.2 Å². The third-order valence-electron chi connectivity index (χ3n) is 1.30. The molecular formula is C8H12F3N. The molecule has 0 aromatic rings. The molecule has 0 aromatic heterocycles. The first-order valence-electron chi connectivity index (χ1n) is 3.69. The molecule has 0 fully saturated rings. The highest BCUT2D eigenvalue weighted by atomic mass is 19.4. The van der Waals surface area contributed by atoms with E-state index in [1.54, 1.807) is 0 Å². The average Bonchev–Trinajstić information content (AvgIpc) is 1.84. The SMILES string of the molecule is C#CCCNC(C)CC(F)(F)F. The van der Waals surface area contributed by atoms with E-state index in [0.29, 0.717) is 13.0 Å². The Bertz CT molecular complexity index is 157. The molecule has 12 heavy (non-hydrogen) atoms. The Balaban J connectivity index is 3.48. The van der Waals surface area contributed by atoms with Crippen molar-refractivity contribution in [2.24, 2.45) is 0 Å². The molecule has 0 aromatic carbocycles. The van der Waals surface area contributed by atoms with Crippen LogP contribution in [0.25, 0.3) is 0 Å². The van der Waals surface area contributed by atoms with E-state index in [-0.39, 0.29) is 0 Å². The van der Waals surface area contributed by atoms with E-state index in [2.05, 4.69) is 11.2 Å². The minimum atomic E-state index is -4.09. The van der Waals surface area contributed by atoms with Gasteiger partial charge in [0.05, 0.1) is 6.42 Å². The number of rotatable bonds is 4. The van der Waals surface area contributed by atoms with Gasteiger partial charge in [0.1, 0.15) is 0 Å². The highest BCUT2D eigenvalue weighted by molar-refractivity contribution is 4.84. The largest absolute Gasteiger partial charge is 0.390 e. The predicted octanol–water partition coefficient (Wildman–Crippen LogP) is 1.94. The summed E-state index contributed by atoms with van der Waals surface area (Å²) >= 11 is 0. The van der Waals surface area contributed by atoms with Gasteiger partial charge in [-0.3, -0.25) is 0 Å². The first kappa shape index (κ1) is 11.3. The zero-order valence-corrected chi connectivity index (χ0v) is 6.91. The molecule has 0 heterocycles. The Labute approximate surface area is 70.3 Å². The van der Waals surface area contributed by atoms with E-state index in [4.69, 9.17) is 6.42 Å². The summed E-state index contributed by atoms with van der Waals surface area (Å²) in [5.41, 5.74) is 0. The zero-order chi connectivity index (χ0) is 9.61. The molecule has 0 spiro atoms. The fourth-order valence-corrected chi connectivity index (χ4v) is 0.810. The third kappa shape index (κ3) is 7.42. The van der Waals surface area contributed by atoms with Crippen LogP contribution in [-0.2, 0) is 0 Å². The number of halogens is 3. The first-order valence-corrected chi connectivity index (χ1v) is 3.69. The van der Waals surface area contributed by atoms with Crippen LogP contribution in [0.1, 0.15) is 19.8 Å². The van der Waals surface area contributed by atoms with Gasteiger partial charge in [0.25, 0.3) is 0 Å². The summed E-state index contributed by atoms with van der Waals surface area (Å²) in [6.07, 6.45) is 0.488. The second kappa shape index (κ2) is 5.04. The first-order chi connectivity index (χ1) is 5.45. The maximum absolute atomic E-state index is 11.7. The van der Waals surface area contributed by atoms with E-state index in [1.165, 1.54) is 6.92 Å². The standard InChI is InChI=1S/C8H12F3N/c1-3-4-5-12-7(2)6-8(9,10)11/h1,7,12H,4-6H2,2H3. The Morgan fingerprint density at radius 1 is 1.50 bits per heavy atom. The molecule has 0 amide bonds. The molecule has 70 valence electrons. The van der Waals surface area contributed by atoms with Crippen LogP contribution < -0.4 is 5.32 Å². The number of hydrogen-bond acceptors (Lipinski definition) is 1. The second-order valence-corrected chi connectivity index (χ2v) is 2.63.